The van der Waals surface area contributed by atoms with Gasteiger partial charge in [-0.25, -0.2) is 0 Å². The maximum absolute atomic E-state index is 11.8. The number of hydrogen-bond donors (Lipinski definition) is 2. The summed E-state index contributed by atoms with van der Waals surface area (Å²) in [6, 6.07) is 7.43. The summed E-state index contributed by atoms with van der Waals surface area (Å²) in [5, 5.41) is -1.03. The van der Waals surface area contributed by atoms with Gasteiger partial charge in [-0.2, -0.15) is 0 Å². The molecule has 0 aliphatic heterocycles. The average Bonchev–Trinajstić information content (AvgIpc) is 2.21. The summed E-state index contributed by atoms with van der Waals surface area (Å²) in [5.41, 5.74) is 1.71. The molecule has 2 N–H and O–H groups in total. The molecule has 0 saturated heterocycles. The standard InChI is InChI=1S/C12H19O3P/c1-4-12(5-2,16(13,14)15)11-9-7-6-8-10(11)3/h6-9H,4-5H2,1-3H3,(H2,13,14,15). The fraction of sp³-hybridized carbons (Fsp3) is 0.500. The van der Waals surface area contributed by atoms with Crippen molar-refractivity contribution in [2.75, 3.05) is 0 Å². The van der Waals surface area contributed by atoms with Gasteiger partial charge in [0.25, 0.3) is 0 Å². The monoisotopic (exact) mass is 242 g/mol. The second-order valence-corrected chi connectivity index (χ2v) is 6.04. The zero-order valence-electron chi connectivity index (χ0n) is 9.97. The summed E-state index contributed by atoms with van der Waals surface area (Å²) in [6.07, 6.45) is 0.886. The minimum absolute atomic E-state index is 0.443. The first-order valence-electron chi connectivity index (χ1n) is 5.50. The van der Waals surface area contributed by atoms with Crippen molar-refractivity contribution >= 4 is 7.60 Å². The van der Waals surface area contributed by atoms with Crippen LogP contribution in [0, 0.1) is 6.92 Å². The molecule has 1 aromatic carbocycles. The maximum Gasteiger partial charge on any atom is 0.335 e. The molecular weight excluding hydrogens is 223 g/mol. The van der Waals surface area contributed by atoms with Gasteiger partial charge in [0.1, 0.15) is 0 Å². The Morgan fingerprint density at radius 2 is 1.69 bits per heavy atom. The summed E-state index contributed by atoms with van der Waals surface area (Å²) < 4.78 is 11.8. The van der Waals surface area contributed by atoms with E-state index in [-0.39, 0.29) is 0 Å². The third-order valence-corrected chi connectivity index (χ3v) is 5.36. The van der Waals surface area contributed by atoms with Crippen LogP contribution in [-0.4, -0.2) is 9.79 Å². The van der Waals surface area contributed by atoms with Gasteiger partial charge in [0.2, 0.25) is 0 Å². The zero-order chi connectivity index (χ0) is 12.4. The molecule has 0 radical (unpaired) electrons. The highest BCUT2D eigenvalue weighted by Crippen LogP contribution is 2.61. The van der Waals surface area contributed by atoms with E-state index in [9.17, 15) is 14.4 Å². The highest BCUT2D eigenvalue weighted by Gasteiger charge is 2.45. The van der Waals surface area contributed by atoms with Crippen LogP contribution in [0.4, 0.5) is 0 Å². The summed E-state index contributed by atoms with van der Waals surface area (Å²) in [4.78, 5) is 19.2. The predicted octanol–water partition coefficient (Wildman–Crippen LogP) is 3.19. The molecule has 3 nitrogen and oxygen atoms in total. The van der Waals surface area contributed by atoms with E-state index in [0.29, 0.717) is 12.8 Å². The largest absolute Gasteiger partial charge is 0.335 e. The third kappa shape index (κ3) is 2.08. The van der Waals surface area contributed by atoms with Crippen molar-refractivity contribution in [2.24, 2.45) is 0 Å². The quantitative estimate of drug-likeness (QED) is 0.797. The Morgan fingerprint density at radius 1 is 1.19 bits per heavy atom. The molecule has 16 heavy (non-hydrogen) atoms. The first kappa shape index (κ1) is 13.4. The number of aryl methyl sites for hydroxylation is 1. The van der Waals surface area contributed by atoms with Gasteiger partial charge in [-0.3, -0.25) is 4.57 Å². The molecular formula is C12H19O3P. The molecule has 90 valence electrons. The van der Waals surface area contributed by atoms with Crippen LogP contribution in [0.1, 0.15) is 37.8 Å². The molecule has 0 amide bonds. The normalized spacial score (nSPS) is 12.8. The Labute approximate surface area is 96.7 Å². The SMILES string of the molecule is CCC(CC)(c1ccccc1C)P(=O)(O)O. The van der Waals surface area contributed by atoms with E-state index in [1.54, 1.807) is 0 Å². The second-order valence-electron chi connectivity index (χ2n) is 4.10. The van der Waals surface area contributed by atoms with Crippen LogP contribution in [0.3, 0.4) is 0 Å². The summed E-state index contributed by atoms with van der Waals surface area (Å²) >= 11 is 0. The molecule has 0 fully saturated rings. The third-order valence-electron chi connectivity index (χ3n) is 3.37. The molecule has 4 heteroatoms. The van der Waals surface area contributed by atoms with Gasteiger partial charge in [0.05, 0.1) is 5.16 Å². The number of benzene rings is 1. The Morgan fingerprint density at radius 3 is 2.06 bits per heavy atom. The van der Waals surface area contributed by atoms with Gasteiger partial charge in [-0.1, -0.05) is 38.1 Å². The van der Waals surface area contributed by atoms with E-state index in [2.05, 4.69) is 0 Å². The molecule has 0 aromatic heterocycles. The van der Waals surface area contributed by atoms with Crippen LogP contribution in [0.25, 0.3) is 0 Å². The Balaban J connectivity index is 3.45. The van der Waals surface area contributed by atoms with Gasteiger partial charge in [0.15, 0.2) is 0 Å². The predicted molar refractivity (Wildman–Crippen MR) is 65.5 cm³/mol. The minimum Gasteiger partial charge on any atom is -0.324 e. The van der Waals surface area contributed by atoms with Crippen LogP contribution >= 0.6 is 7.60 Å². The molecule has 0 atom stereocenters. The van der Waals surface area contributed by atoms with E-state index >= 15 is 0 Å². The van der Waals surface area contributed by atoms with E-state index in [1.807, 2.05) is 45.0 Å². The lowest BCUT2D eigenvalue weighted by Gasteiger charge is -2.34. The van der Waals surface area contributed by atoms with E-state index < -0.39 is 12.8 Å². The highest BCUT2D eigenvalue weighted by atomic mass is 31.2. The smallest absolute Gasteiger partial charge is 0.324 e. The number of rotatable bonds is 4. The Bertz CT molecular complexity index is 404. The van der Waals surface area contributed by atoms with E-state index in [4.69, 9.17) is 0 Å². The van der Waals surface area contributed by atoms with Crippen molar-refractivity contribution in [1.29, 1.82) is 0 Å². The summed E-state index contributed by atoms with van der Waals surface area (Å²) in [6.45, 7) is 5.55. The second kappa shape index (κ2) is 4.70. The van der Waals surface area contributed by atoms with Crippen LogP contribution in [-0.2, 0) is 9.72 Å². The zero-order valence-corrected chi connectivity index (χ0v) is 10.9. The molecule has 0 unspecified atom stereocenters. The first-order chi connectivity index (χ1) is 7.39. The van der Waals surface area contributed by atoms with Gasteiger partial charge >= 0.3 is 7.60 Å². The van der Waals surface area contributed by atoms with Crippen LogP contribution in [0.2, 0.25) is 0 Å². The molecule has 1 rings (SSSR count). The molecule has 0 aliphatic carbocycles. The van der Waals surface area contributed by atoms with Gasteiger partial charge < -0.3 is 9.79 Å². The number of hydrogen-bond acceptors (Lipinski definition) is 1. The lowest BCUT2D eigenvalue weighted by molar-refractivity contribution is 0.315. The molecule has 0 spiro atoms. The topological polar surface area (TPSA) is 57.5 Å². The fourth-order valence-electron chi connectivity index (χ4n) is 2.29. The average molecular weight is 242 g/mol. The minimum atomic E-state index is -4.16. The van der Waals surface area contributed by atoms with Gasteiger partial charge in [0, 0.05) is 0 Å². The summed E-state index contributed by atoms with van der Waals surface area (Å²) in [5.74, 6) is 0. The Kier molecular flexibility index (Phi) is 3.95. The fourth-order valence-corrected chi connectivity index (χ4v) is 3.68. The lowest BCUT2D eigenvalue weighted by atomic mass is 9.89. The lowest BCUT2D eigenvalue weighted by Crippen LogP contribution is -2.25. The van der Waals surface area contributed by atoms with Crippen molar-refractivity contribution in [3.63, 3.8) is 0 Å². The molecule has 0 heterocycles. The van der Waals surface area contributed by atoms with Crippen LogP contribution < -0.4 is 0 Å². The van der Waals surface area contributed by atoms with E-state index in [0.717, 1.165) is 11.1 Å². The molecule has 0 aliphatic rings. The highest BCUT2D eigenvalue weighted by molar-refractivity contribution is 7.53. The van der Waals surface area contributed by atoms with E-state index in [1.165, 1.54) is 0 Å². The van der Waals surface area contributed by atoms with Gasteiger partial charge in [-0.15, -0.1) is 0 Å². The van der Waals surface area contributed by atoms with Crippen molar-refractivity contribution in [2.45, 2.75) is 38.8 Å². The van der Waals surface area contributed by atoms with Crippen molar-refractivity contribution < 1.29 is 14.4 Å². The van der Waals surface area contributed by atoms with Crippen molar-refractivity contribution in [3.8, 4) is 0 Å². The van der Waals surface area contributed by atoms with Crippen LogP contribution in [0.5, 0.6) is 0 Å². The summed E-state index contributed by atoms with van der Waals surface area (Å²) in [7, 11) is -4.16. The van der Waals surface area contributed by atoms with Crippen molar-refractivity contribution in [3.05, 3.63) is 35.4 Å². The molecule has 0 bridgehead atoms. The molecule has 1 aromatic rings. The first-order valence-corrected chi connectivity index (χ1v) is 7.12. The Hall–Kier alpha value is -0.630. The van der Waals surface area contributed by atoms with Gasteiger partial charge in [-0.05, 0) is 30.9 Å². The maximum atomic E-state index is 11.8. The molecule has 0 saturated carbocycles. The van der Waals surface area contributed by atoms with Crippen molar-refractivity contribution in [1.82, 2.24) is 0 Å². The van der Waals surface area contributed by atoms with Crippen LogP contribution in [0.15, 0.2) is 24.3 Å².